The number of H-pyrrole nitrogens is 2. The van der Waals surface area contributed by atoms with Crippen LogP contribution in [0.5, 0.6) is 0 Å². The summed E-state index contributed by atoms with van der Waals surface area (Å²) in [6, 6.07) is 0.498. The number of aliphatic imine (C=N–C) groups is 1. The average molecular weight is 1040 g/mol. The number of fused-ring (bicyclic) bond motifs is 1. The first-order valence-electron chi connectivity index (χ1n) is 23.7. The highest BCUT2D eigenvalue weighted by Crippen LogP contribution is 2.17. The van der Waals surface area contributed by atoms with Crippen molar-refractivity contribution >= 4 is 64.2 Å². The van der Waals surface area contributed by atoms with Crippen LogP contribution >= 0.6 is 0 Å². The monoisotopic (exact) mass is 1040 g/mol. The number of nitrogens with two attached hydrogens (primary N) is 4. The predicted octanol–water partition coefficient (Wildman–Crippen LogP) is -4.07. The molecule has 0 aromatic carbocycles. The largest absolute Gasteiger partial charge is 0.383 e. The van der Waals surface area contributed by atoms with Crippen molar-refractivity contribution in [2.24, 2.45) is 21.9 Å². The van der Waals surface area contributed by atoms with Crippen molar-refractivity contribution < 1.29 is 28.8 Å². The van der Waals surface area contributed by atoms with Gasteiger partial charge in [0.1, 0.15) is 25.5 Å². The Balaban J connectivity index is 1.59. The lowest BCUT2D eigenvalue weighted by Crippen LogP contribution is -2.52. The van der Waals surface area contributed by atoms with Crippen LogP contribution < -0.4 is 61.4 Å². The van der Waals surface area contributed by atoms with Gasteiger partial charge >= 0.3 is 11.4 Å². The number of ketones is 1. The molecule has 29 nitrogen and oxygen atoms in total. The molecule has 0 unspecified atom stereocenters. The van der Waals surface area contributed by atoms with Gasteiger partial charge in [-0.15, -0.1) is 0 Å². The number of unbranched alkanes of at least 4 members (excludes halogenated alkanes) is 1. The van der Waals surface area contributed by atoms with E-state index in [1.165, 1.54) is 46.1 Å². The number of amides is 5. The lowest BCUT2D eigenvalue weighted by atomic mass is 9.90. The Hall–Kier alpha value is -8.24. The van der Waals surface area contributed by atoms with Crippen LogP contribution in [-0.4, -0.2) is 165 Å². The fraction of sp³-hybridized carbons (Fsp3) is 0.556. The van der Waals surface area contributed by atoms with E-state index < -0.39 is 96.2 Å². The minimum atomic E-state index is -0.891. The third kappa shape index (κ3) is 18.4. The summed E-state index contributed by atoms with van der Waals surface area (Å²) in [5.41, 5.74) is 18.3. The van der Waals surface area contributed by atoms with E-state index in [4.69, 9.17) is 22.9 Å². The third-order valence-corrected chi connectivity index (χ3v) is 11.2. The van der Waals surface area contributed by atoms with Crippen LogP contribution in [0.3, 0.4) is 0 Å². The van der Waals surface area contributed by atoms with Crippen molar-refractivity contribution in [2.75, 3.05) is 70.4 Å². The Morgan fingerprint density at radius 1 is 0.770 bits per heavy atom. The number of nitrogen functional groups attached to an aromatic ring is 2. The van der Waals surface area contributed by atoms with E-state index in [2.05, 4.69) is 45.9 Å². The van der Waals surface area contributed by atoms with Gasteiger partial charge in [0.05, 0.1) is 26.0 Å². The number of Topliss-reactive ketones (excluding diaryl/α,β-unsaturated/α-hetero) is 1. The van der Waals surface area contributed by atoms with Crippen molar-refractivity contribution in [3.8, 4) is 0 Å². The Labute approximate surface area is 424 Å². The normalized spacial score (nSPS) is 11.9. The van der Waals surface area contributed by atoms with Gasteiger partial charge in [-0.2, -0.15) is 9.97 Å². The van der Waals surface area contributed by atoms with Gasteiger partial charge in [-0.3, -0.25) is 62.5 Å². The SMILES string of the molecule is Cc1cn(CC(=O)N(CCNC(=O)CN(CCNC(C)(C)C)C(=O)Cn2ccc(N)nc2=O)CC(=O)N[C@@H](CCCCN=C(N)N)CN(CC(=O)C(C)(C)C)C(=O)Cn2cnc3c(=O)[nH]c(N)nc32)c(=O)[nH]c1=O. The van der Waals surface area contributed by atoms with Crippen LogP contribution in [0.25, 0.3) is 11.2 Å². The number of rotatable bonds is 26. The molecule has 4 heterocycles. The maximum Gasteiger partial charge on any atom is 0.349 e. The molecule has 13 N–H and O–H groups in total. The number of nitrogens with one attached hydrogen (secondary N) is 5. The molecule has 4 aromatic heterocycles. The summed E-state index contributed by atoms with van der Waals surface area (Å²) in [4.78, 5) is 157. The van der Waals surface area contributed by atoms with Crippen molar-refractivity contribution in [2.45, 2.75) is 98.9 Å². The number of carbonyl (C=O) groups excluding carboxylic acids is 6. The Bertz CT molecular complexity index is 2940. The molecule has 29 heteroatoms. The number of nitrogens with zero attached hydrogens (tertiary/aromatic N) is 10. The van der Waals surface area contributed by atoms with E-state index in [9.17, 15) is 47.9 Å². The maximum atomic E-state index is 14.2. The molecular formula is C45H69N19O10. The number of carbonyl (C=O) groups is 6. The van der Waals surface area contributed by atoms with Gasteiger partial charge in [0.15, 0.2) is 22.9 Å². The zero-order valence-corrected chi connectivity index (χ0v) is 42.9. The quantitative estimate of drug-likeness (QED) is 0.0164. The van der Waals surface area contributed by atoms with Gasteiger partial charge in [0.25, 0.3) is 11.1 Å². The molecule has 0 saturated heterocycles. The standard InChI is InChI=1S/C45H69N19O10/c1-27-18-63(43(74)58-38(27)71)24-34(69)59(16-13-50-31(66)21-60(17-14-53-45(5,6)7)33(68)23-61-15-11-30(46)55-42(61)73)22-32(67)54-28(10-8-9-12-51-40(47)48)19-62(20-29(65)44(2,3)4)35(70)25-64-26-52-36-37(64)56-41(49)57-39(36)72/h11,15,18,26,28,53H,8-10,12-14,16-17,19-25H2,1-7H3,(H,50,66)(H,54,67)(H2,46,55,73)(H4,47,48,51)(H,58,71,74)(H3,49,56,57,72)/t28-/m0/s1. The third-order valence-electron chi connectivity index (χ3n) is 11.2. The summed E-state index contributed by atoms with van der Waals surface area (Å²) in [5, 5.41) is 8.80. The van der Waals surface area contributed by atoms with Crippen LogP contribution in [-0.2, 0) is 48.4 Å². The summed E-state index contributed by atoms with van der Waals surface area (Å²) in [5.74, 6) is -4.00. The van der Waals surface area contributed by atoms with E-state index >= 15 is 0 Å². The summed E-state index contributed by atoms with van der Waals surface area (Å²) < 4.78 is 3.31. The Kier molecular flexibility index (Phi) is 20.4. The first-order valence-corrected chi connectivity index (χ1v) is 23.7. The highest BCUT2D eigenvalue weighted by Gasteiger charge is 2.30. The Morgan fingerprint density at radius 3 is 2.03 bits per heavy atom. The molecule has 0 aliphatic heterocycles. The van der Waals surface area contributed by atoms with Crippen molar-refractivity contribution in [1.29, 1.82) is 0 Å². The van der Waals surface area contributed by atoms with Crippen molar-refractivity contribution in [3.05, 3.63) is 72.0 Å². The maximum absolute atomic E-state index is 14.2. The molecule has 74 heavy (non-hydrogen) atoms. The number of aromatic amines is 2. The van der Waals surface area contributed by atoms with Gasteiger partial charge in [-0.05, 0) is 53.0 Å². The van der Waals surface area contributed by atoms with E-state index in [1.807, 2.05) is 20.8 Å². The summed E-state index contributed by atoms with van der Waals surface area (Å²) in [7, 11) is 0. The predicted molar refractivity (Wildman–Crippen MR) is 273 cm³/mol. The number of hydrogen-bond donors (Lipinski definition) is 9. The molecule has 1 atom stereocenters. The zero-order valence-electron chi connectivity index (χ0n) is 42.9. The van der Waals surface area contributed by atoms with Gasteiger partial charge in [0.2, 0.25) is 35.5 Å². The molecular weight excluding hydrogens is 967 g/mol. The Morgan fingerprint density at radius 2 is 1.39 bits per heavy atom. The minimum Gasteiger partial charge on any atom is -0.383 e. The van der Waals surface area contributed by atoms with Crippen LogP contribution in [0.1, 0.15) is 66.4 Å². The van der Waals surface area contributed by atoms with Crippen LogP contribution in [0.15, 0.2) is 49.0 Å². The topological polar surface area (TPSA) is 418 Å². The first kappa shape index (κ1) is 58.3. The van der Waals surface area contributed by atoms with E-state index in [-0.39, 0.29) is 98.0 Å². The molecule has 0 radical (unpaired) electrons. The number of hydrogen-bond acceptors (Lipinski definition) is 17. The van der Waals surface area contributed by atoms with Gasteiger partial charge < -0.3 is 58.2 Å². The van der Waals surface area contributed by atoms with Gasteiger partial charge in [0, 0.05) is 74.2 Å². The van der Waals surface area contributed by atoms with Crippen LogP contribution in [0.4, 0.5) is 11.8 Å². The first-order chi connectivity index (χ1) is 34.6. The number of anilines is 2. The zero-order chi connectivity index (χ0) is 55.1. The molecule has 4 rings (SSSR count). The molecule has 5 amide bonds. The summed E-state index contributed by atoms with van der Waals surface area (Å²) in [6.45, 7) is 9.13. The number of imidazole rings is 1. The lowest BCUT2D eigenvalue weighted by molar-refractivity contribution is -0.139. The second-order valence-corrected chi connectivity index (χ2v) is 19.6. The smallest absolute Gasteiger partial charge is 0.349 e. The van der Waals surface area contributed by atoms with Gasteiger partial charge in [-0.1, -0.05) is 20.8 Å². The van der Waals surface area contributed by atoms with Crippen LogP contribution in [0, 0.1) is 12.3 Å². The van der Waals surface area contributed by atoms with Crippen molar-refractivity contribution in [3.63, 3.8) is 0 Å². The highest BCUT2D eigenvalue weighted by molar-refractivity contribution is 5.90. The molecule has 0 saturated carbocycles. The molecule has 0 fully saturated rings. The number of aromatic nitrogens is 8. The van der Waals surface area contributed by atoms with E-state index in [0.717, 1.165) is 14.0 Å². The molecule has 0 spiro atoms. The second-order valence-electron chi connectivity index (χ2n) is 19.6. The minimum absolute atomic E-state index is 0.0240. The van der Waals surface area contributed by atoms with Crippen LogP contribution in [0.2, 0.25) is 0 Å². The van der Waals surface area contributed by atoms with E-state index in [1.54, 1.807) is 20.8 Å². The van der Waals surface area contributed by atoms with Gasteiger partial charge in [-0.25, -0.2) is 14.6 Å². The summed E-state index contributed by atoms with van der Waals surface area (Å²) >= 11 is 0. The molecule has 4 aromatic rings. The fourth-order valence-corrected chi connectivity index (χ4v) is 7.13. The fourth-order valence-electron chi connectivity index (χ4n) is 7.13. The lowest BCUT2D eigenvalue weighted by Gasteiger charge is -2.31. The number of guanidine groups is 1. The van der Waals surface area contributed by atoms with E-state index in [0.29, 0.717) is 12.8 Å². The number of aryl methyl sites for hydroxylation is 1. The van der Waals surface area contributed by atoms with Crippen molar-refractivity contribution in [1.82, 2.24) is 69.3 Å². The molecule has 0 bridgehead atoms. The highest BCUT2D eigenvalue weighted by atomic mass is 16.2. The average Bonchev–Trinajstić information content (AvgIpc) is 3.69. The molecule has 0 aliphatic carbocycles. The molecule has 404 valence electrons. The summed E-state index contributed by atoms with van der Waals surface area (Å²) in [6.07, 6.45) is 4.82. The molecule has 0 aliphatic rings. The second kappa shape index (κ2) is 25.9.